The van der Waals surface area contributed by atoms with Gasteiger partial charge in [0, 0.05) is 19.4 Å². The smallest absolute Gasteiger partial charge is 0.132 e. The Labute approximate surface area is 107 Å². The first-order valence-electron chi connectivity index (χ1n) is 6.95. The Morgan fingerprint density at radius 3 is 2.12 bits per heavy atom. The van der Waals surface area contributed by atoms with Gasteiger partial charge in [-0.1, -0.05) is 34.6 Å². The number of Topliss-reactive ketones (excluding diaryl/α,β-unsaturated/α-hetero) is 1. The van der Waals surface area contributed by atoms with Crippen LogP contribution >= 0.6 is 0 Å². The minimum absolute atomic E-state index is 0.303. The van der Waals surface area contributed by atoms with Crippen molar-refractivity contribution in [3.05, 3.63) is 0 Å². The van der Waals surface area contributed by atoms with Gasteiger partial charge < -0.3 is 5.32 Å². The molecule has 1 N–H and O–H groups in total. The van der Waals surface area contributed by atoms with E-state index in [0.29, 0.717) is 22.5 Å². The molecule has 0 radical (unpaired) electrons. The molecule has 0 aromatic carbocycles. The van der Waals surface area contributed by atoms with Crippen molar-refractivity contribution in [3.63, 3.8) is 0 Å². The van der Waals surface area contributed by atoms with Crippen LogP contribution in [0.4, 0.5) is 0 Å². The summed E-state index contributed by atoms with van der Waals surface area (Å²) in [5.41, 5.74) is 0.625. The maximum atomic E-state index is 11.2. The maximum Gasteiger partial charge on any atom is 0.132 e. The molecule has 1 rings (SSSR count). The third-order valence-electron chi connectivity index (χ3n) is 4.69. The molecule has 17 heavy (non-hydrogen) atoms. The highest BCUT2D eigenvalue weighted by molar-refractivity contribution is 5.79. The minimum Gasteiger partial charge on any atom is -0.316 e. The molecule has 0 aromatic rings. The highest BCUT2D eigenvalue weighted by atomic mass is 16.1. The fourth-order valence-electron chi connectivity index (χ4n) is 2.06. The van der Waals surface area contributed by atoms with Crippen molar-refractivity contribution in [2.24, 2.45) is 16.7 Å². The van der Waals surface area contributed by atoms with Crippen LogP contribution in [0.2, 0.25) is 0 Å². The van der Waals surface area contributed by atoms with Gasteiger partial charge in [0.15, 0.2) is 0 Å². The van der Waals surface area contributed by atoms with Crippen LogP contribution in [0.1, 0.15) is 60.3 Å². The van der Waals surface area contributed by atoms with Crippen molar-refractivity contribution in [2.75, 3.05) is 13.1 Å². The van der Waals surface area contributed by atoms with Gasteiger partial charge in [-0.25, -0.2) is 0 Å². The summed E-state index contributed by atoms with van der Waals surface area (Å²) in [5, 5.41) is 3.61. The molecule has 0 amide bonds. The van der Waals surface area contributed by atoms with E-state index in [1.54, 1.807) is 0 Å². The molecule has 2 nitrogen and oxygen atoms in total. The average Bonchev–Trinajstić information content (AvgIpc) is 2.19. The van der Waals surface area contributed by atoms with Crippen molar-refractivity contribution in [2.45, 2.75) is 60.3 Å². The van der Waals surface area contributed by atoms with E-state index in [4.69, 9.17) is 0 Å². The first-order valence-corrected chi connectivity index (χ1v) is 6.95. The van der Waals surface area contributed by atoms with Crippen molar-refractivity contribution in [1.29, 1.82) is 0 Å². The van der Waals surface area contributed by atoms with Crippen molar-refractivity contribution in [3.8, 4) is 0 Å². The fraction of sp³-hybridized carbons (Fsp3) is 0.933. The summed E-state index contributed by atoms with van der Waals surface area (Å²) < 4.78 is 0. The Kier molecular flexibility index (Phi) is 4.77. The molecule has 0 atom stereocenters. The van der Waals surface area contributed by atoms with Crippen LogP contribution in [-0.4, -0.2) is 18.9 Å². The van der Waals surface area contributed by atoms with Gasteiger partial charge in [-0.3, -0.25) is 4.79 Å². The second-order valence-electron chi connectivity index (χ2n) is 7.25. The Balaban J connectivity index is 2.26. The van der Waals surface area contributed by atoms with E-state index in [0.717, 1.165) is 38.8 Å². The summed E-state index contributed by atoms with van der Waals surface area (Å²) in [4.78, 5) is 11.2. The van der Waals surface area contributed by atoms with E-state index in [1.165, 1.54) is 0 Å². The lowest BCUT2D eigenvalue weighted by Crippen LogP contribution is -2.41. The zero-order valence-corrected chi connectivity index (χ0v) is 12.2. The molecular formula is C15H29NO. The Bertz CT molecular complexity index is 253. The first kappa shape index (κ1) is 14.7. The Morgan fingerprint density at radius 1 is 1.12 bits per heavy atom. The largest absolute Gasteiger partial charge is 0.316 e. The van der Waals surface area contributed by atoms with Crippen LogP contribution in [0.5, 0.6) is 0 Å². The van der Waals surface area contributed by atoms with E-state index < -0.39 is 0 Å². The molecule has 0 saturated heterocycles. The van der Waals surface area contributed by atoms with Gasteiger partial charge in [0.2, 0.25) is 0 Å². The van der Waals surface area contributed by atoms with Gasteiger partial charge in [0.1, 0.15) is 5.78 Å². The molecular weight excluding hydrogens is 210 g/mol. The van der Waals surface area contributed by atoms with Gasteiger partial charge in [-0.15, -0.1) is 0 Å². The molecule has 1 saturated carbocycles. The van der Waals surface area contributed by atoms with Crippen LogP contribution in [0, 0.1) is 16.7 Å². The highest BCUT2D eigenvalue weighted by Crippen LogP contribution is 2.37. The van der Waals surface area contributed by atoms with Crippen molar-refractivity contribution in [1.82, 2.24) is 5.32 Å². The third kappa shape index (κ3) is 4.42. The van der Waals surface area contributed by atoms with Crippen LogP contribution in [0.3, 0.4) is 0 Å². The molecule has 0 unspecified atom stereocenters. The van der Waals surface area contributed by atoms with E-state index in [1.807, 2.05) is 0 Å². The summed E-state index contributed by atoms with van der Waals surface area (Å²) in [7, 11) is 0. The zero-order valence-electron chi connectivity index (χ0n) is 12.2. The summed E-state index contributed by atoms with van der Waals surface area (Å²) in [6.07, 6.45) is 3.77. The lowest BCUT2D eigenvalue weighted by Gasteiger charge is -2.39. The molecule has 0 heterocycles. The quantitative estimate of drug-likeness (QED) is 0.814. The van der Waals surface area contributed by atoms with E-state index >= 15 is 0 Å². The third-order valence-corrected chi connectivity index (χ3v) is 4.69. The van der Waals surface area contributed by atoms with Crippen LogP contribution in [-0.2, 0) is 4.79 Å². The number of nitrogens with one attached hydrogen (secondary N) is 1. The first-order chi connectivity index (χ1) is 7.72. The highest BCUT2D eigenvalue weighted by Gasteiger charge is 2.32. The van der Waals surface area contributed by atoms with Crippen molar-refractivity contribution < 1.29 is 4.79 Å². The molecule has 1 aliphatic carbocycles. The second kappa shape index (κ2) is 5.51. The fourth-order valence-corrected chi connectivity index (χ4v) is 2.06. The molecule has 0 aliphatic heterocycles. The molecule has 2 heteroatoms. The van der Waals surface area contributed by atoms with Crippen LogP contribution in [0.15, 0.2) is 0 Å². The normalized spacial score (nSPS) is 19.7. The molecule has 100 valence electrons. The van der Waals surface area contributed by atoms with E-state index in [9.17, 15) is 4.79 Å². The zero-order chi connectivity index (χ0) is 13.1. The summed E-state index contributed by atoms with van der Waals surface area (Å²) >= 11 is 0. The molecule has 1 aliphatic rings. The van der Waals surface area contributed by atoms with Gasteiger partial charge in [0.25, 0.3) is 0 Å². The Morgan fingerprint density at radius 2 is 1.65 bits per heavy atom. The molecule has 1 fully saturated rings. The Hall–Kier alpha value is -0.370. The topological polar surface area (TPSA) is 29.1 Å². The van der Waals surface area contributed by atoms with E-state index in [2.05, 4.69) is 39.9 Å². The summed E-state index contributed by atoms with van der Waals surface area (Å²) in [6.45, 7) is 13.7. The predicted octanol–water partition coefficient (Wildman–Crippen LogP) is 3.41. The van der Waals surface area contributed by atoms with Gasteiger partial charge in [0.05, 0.1) is 0 Å². The van der Waals surface area contributed by atoms with Crippen LogP contribution < -0.4 is 5.32 Å². The monoisotopic (exact) mass is 239 g/mol. The standard InChI is InChI=1S/C15H29NO/c1-14(2,3)15(4,5)11-16-10-12-6-8-13(17)9-7-12/h12,16H,6-11H2,1-5H3. The number of hydrogen-bond donors (Lipinski definition) is 1. The van der Waals surface area contributed by atoms with Crippen LogP contribution in [0.25, 0.3) is 0 Å². The van der Waals surface area contributed by atoms with Gasteiger partial charge in [-0.2, -0.15) is 0 Å². The number of carbonyl (C=O) groups excluding carboxylic acids is 1. The van der Waals surface area contributed by atoms with Gasteiger partial charge >= 0.3 is 0 Å². The average molecular weight is 239 g/mol. The molecule has 0 aromatic heterocycles. The van der Waals surface area contributed by atoms with Crippen molar-refractivity contribution >= 4 is 5.78 Å². The van der Waals surface area contributed by atoms with E-state index in [-0.39, 0.29) is 0 Å². The number of rotatable bonds is 4. The molecule has 0 spiro atoms. The summed E-state index contributed by atoms with van der Waals surface area (Å²) in [5.74, 6) is 1.17. The minimum atomic E-state index is 0.303. The maximum absolute atomic E-state index is 11.2. The van der Waals surface area contributed by atoms with Gasteiger partial charge in [-0.05, 0) is 36.1 Å². The SMILES string of the molecule is CC(C)(C)C(C)(C)CNCC1CCC(=O)CC1. The lowest BCUT2D eigenvalue weighted by molar-refractivity contribution is -0.120. The number of ketones is 1. The predicted molar refractivity (Wildman–Crippen MR) is 73.1 cm³/mol. The number of hydrogen-bond acceptors (Lipinski definition) is 2. The summed E-state index contributed by atoms with van der Waals surface area (Å²) in [6, 6.07) is 0. The lowest BCUT2D eigenvalue weighted by atomic mass is 9.69. The second-order valence-corrected chi connectivity index (χ2v) is 7.25. The molecule has 0 bridgehead atoms. The number of carbonyl (C=O) groups is 1.